The zero-order valence-electron chi connectivity index (χ0n) is 9.88. The highest BCUT2D eigenvalue weighted by Crippen LogP contribution is 2.38. The molecule has 0 aliphatic carbocycles. The molecule has 2 rings (SSSR count). The van der Waals surface area contributed by atoms with Crippen molar-refractivity contribution in [1.82, 2.24) is 20.2 Å². The van der Waals surface area contributed by atoms with Crippen molar-refractivity contribution in [2.75, 3.05) is 0 Å². The van der Waals surface area contributed by atoms with Crippen LogP contribution in [0.1, 0.15) is 25.8 Å². The monoisotopic (exact) mass is 408 g/mol. The van der Waals surface area contributed by atoms with Crippen LogP contribution < -0.4 is 0 Å². The number of rotatable bonds is 5. The Morgan fingerprint density at radius 3 is 2.84 bits per heavy atom. The Balaban J connectivity index is 2.41. The summed E-state index contributed by atoms with van der Waals surface area (Å²) in [6, 6.07) is 1.65. The molecule has 9 heteroatoms. The summed E-state index contributed by atoms with van der Waals surface area (Å²) in [5, 5.41) is 20.5. The van der Waals surface area contributed by atoms with Crippen LogP contribution in [0.25, 0.3) is 11.4 Å². The first-order valence-corrected chi connectivity index (χ1v) is 7.88. The van der Waals surface area contributed by atoms with Gasteiger partial charge in [-0.2, -0.15) is 0 Å². The molecule has 6 nitrogen and oxygen atoms in total. The third kappa shape index (κ3) is 3.21. The molecular weight excluding hydrogens is 400 g/mol. The van der Waals surface area contributed by atoms with Crippen LogP contribution in [0.4, 0.5) is 0 Å². The van der Waals surface area contributed by atoms with E-state index in [1.54, 1.807) is 4.68 Å². The zero-order valence-corrected chi connectivity index (χ0v) is 13.9. The predicted molar refractivity (Wildman–Crippen MR) is 78.1 cm³/mol. The topological polar surface area (TPSA) is 80.9 Å². The van der Waals surface area contributed by atoms with Gasteiger partial charge < -0.3 is 5.11 Å². The number of nitrogens with zero attached hydrogens (tertiary/aromatic N) is 4. The van der Waals surface area contributed by atoms with Crippen LogP contribution in [-0.4, -0.2) is 31.3 Å². The van der Waals surface area contributed by atoms with Gasteiger partial charge in [-0.3, -0.25) is 4.79 Å². The van der Waals surface area contributed by atoms with Gasteiger partial charge in [-0.15, -0.1) is 16.4 Å². The maximum absolute atomic E-state index is 10.9. The highest BCUT2D eigenvalue weighted by molar-refractivity contribution is 9.12. The average Bonchev–Trinajstić information content (AvgIpc) is 2.92. The van der Waals surface area contributed by atoms with Gasteiger partial charge in [0.15, 0.2) is 5.82 Å². The van der Waals surface area contributed by atoms with Crippen molar-refractivity contribution in [3.05, 3.63) is 13.6 Å². The van der Waals surface area contributed by atoms with Gasteiger partial charge in [0.1, 0.15) is 0 Å². The van der Waals surface area contributed by atoms with E-state index < -0.39 is 5.97 Å². The largest absolute Gasteiger partial charge is 0.481 e. The number of hydrogen-bond acceptors (Lipinski definition) is 5. The second kappa shape index (κ2) is 6.10. The van der Waals surface area contributed by atoms with Crippen LogP contribution in [0.3, 0.4) is 0 Å². The Kier molecular flexibility index (Phi) is 4.69. The summed E-state index contributed by atoms with van der Waals surface area (Å²) in [7, 11) is 0. The lowest BCUT2D eigenvalue weighted by Crippen LogP contribution is -2.15. The molecule has 2 aromatic rings. The summed E-state index contributed by atoms with van der Waals surface area (Å²) >= 11 is 8.38. The minimum absolute atomic E-state index is 0.00251. The van der Waals surface area contributed by atoms with Crippen molar-refractivity contribution in [3.63, 3.8) is 0 Å². The van der Waals surface area contributed by atoms with Gasteiger partial charge >= 0.3 is 5.97 Å². The van der Waals surface area contributed by atoms with Gasteiger partial charge in [0, 0.05) is 5.56 Å². The molecule has 0 saturated carbocycles. The average molecular weight is 410 g/mol. The second-order valence-electron chi connectivity index (χ2n) is 3.84. The molecule has 0 fully saturated rings. The molecule has 1 N–H and O–H groups in total. The number of carbonyl (C=O) groups is 1. The Labute approximate surface area is 130 Å². The van der Waals surface area contributed by atoms with Crippen molar-refractivity contribution >= 4 is 49.2 Å². The lowest BCUT2D eigenvalue weighted by atomic mass is 10.1. The third-order valence-electron chi connectivity index (χ3n) is 2.62. The molecule has 0 aliphatic rings. The molecule has 0 saturated heterocycles. The Morgan fingerprint density at radius 2 is 2.32 bits per heavy atom. The van der Waals surface area contributed by atoms with Gasteiger partial charge in [-0.25, -0.2) is 4.68 Å². The SMILES string of the molecule is CCC(CC(=O)O)n1nnnc1-c1cc(Br)sc1Br. The number of tetrazole rings is 1. The molecule has 0 spiro atoms. The second-order valence-corrected chi connectivity index (χ2v) is 7.59. The number of hydrogen-bond donors (Lipinski definition) is 1. The molecule has 0 aromatic carbocycles. The number of halogens is 2. The van der Waals surface area contributed by atoms with Gasteiger partial charge in [0.05, 0.1) is 20.0 Å². The maximum Gasteiger partial charge on any atom is 0.305 e. The minimum Gasteiger partial charge on any atom is -0.481 e. The van der Waals surface area contributed by atoms with E-state index in [9.17, 15) is 4.79 Å². The molecule has 1 atom stereocenters. The maximum atomic E-state index is 10.9. The summed E-state index contributed by atoms with van der Waals surface area (Å²) in [5.41, 5.74) is 0.853. The third-order valence-corrected chi connectivity index (χ3v) is 4.96. The summed E-state index contributed by atoms with van der Waals surface area (Å²) in [5.74, 6) is -0.291. The molecule has 0 bridgehead atoms. The molecule has 0 aliphatic heterocycles. The standard InChI is InChI=1S/C10H10Br2N4O2S/c1-2-5(3-8(17)18)16-10(13-14-15-16)6-4-7(11)19-9(6)12/h4-5H,2-3H2,1H3,(H,17,18). The normalized spacial score (nSPS) is 12.6. The number of aliphatic carboxylic acids is 1. The van der Waals surface area contributed by atoms with E-state index in [1.807, 2.05) is 13.0 Å². The van der Waals surface area contributed by atoms with Gasteiger partial charge in [0.2, 0.25) is 0 Å². The fraction of sp³-hybridized carbons (Fsp3) is 0.400. The van der Waals surface area contributed by atoms with Crippen LogP contribution >= 0.6 is 43.2 Å². The van der Waals surface area contributed by atoms with Gasteiger partial charge in [-0.1, -0.05) is 6.92 Å². The van der Waals surface area contributed by atoms with Crippen LogP contribution in [0, 0.1) is 0 Å². The number of thiophene rings is 1. The zero-order chi connectivity index (χ0) is 14.0. The lowest BCUT2D eigenvalue weighted by molar-refractivity contribution is -0.138. The molecule has 102 valence electrons. The molecule has 1 unspecified atom stereocenters. The fourth-order valence-corrected chi connectivity index (χ4v) is 4.50. The van der Waals surface area contributed by atoms with Gasteiger partial charge in [0.25, 0.3) is 0 Å². The van der Waals surface area contributed by atoms with E-state index in [4.69, 9.17) is 5.11 Å². The minimum atomic E-state index is -0.862. The highest BCUT2D eigenvalue weighted by Gasteiger charge is 2.22. The van der Waals surface area contributed by atoms with Crippen molar-refractivity contribution < 1.29 is 9.90 Å². The molecule has 0 amide bonds. The molecule has 0 radical (unpaired) electrons. The van der Waals surface area contributed by atoms with Crippen molar-refractivity contribution in [3.8, 4) is 11.4 Å². The number of aromatic nitrogens is 4. The van der Waals surface area contributed by atoms with Crippen LogP contribution in [0.5, 0.6) is 0 Å². The molecule has 2 aromatic heterocycles. The van der Waals surface area contributed by atoms with E-state index in [0.29, 0.717) is 12.2 Å². The van der Waals surface area contributed by atoms with E-state index in [2.05, 4.69) is 47.4 Å². The first-order valence-electron chi connectivity index (χ1n) is 5.47. The number of carboxylic acids is 1. The van der Waals surface area contributed by atoms with Crippen LogP contribution in [0.15, 0.2) is 13.6 Å². The van der Waals surface area contributed by atoms with Gasteiger partial charge in [-0.05, 0) is 54.8 Å². The summed E-state index contributed by atoms with van der Waals surface area (Å²) < 4.78 is 3.43. The number of carboxylic acid groups (broad SMARTS) is 1. The predicted octanol–water partition coefficient (Wildman–Crippen LogP) is 3.35. The summed E-state index contributed by atoms with van der Waals surface area (Å²) in [6.45, 7) is 1.91. The molecular formula is C10H10Br2N4O2S. The highest BCUT2D eigenvalue weighted by atomic mass is 79.9. The Morgan fingerprint density at radius 1 is 1.58 bits per heavy atom. The molecule has 2 heterocycles. The van der Waals surface area contributed by atoms with E-state index >= 15 is 0 Å². The smallest absolute Gasteiger partial charge is 0.305 e. The van der Waals surface area contributed by atoms with E-state index in [-0.39, 0.29) is 12.5 Å². The van der Waals surface area contributed by atoms with Crippen molar-refractivity contribution in [2.24, 2.45) is 0 Å². The lowest BCUT2D eigenvalue weighted by Gasteiger charge is -2.13. The van der Waals surface area contributed by atoms with Crippen LogP contribution in [-0.2, 0) is 4.79 Å². The van der Waals surface area contributed by atoms with Crippen LogP contribution in [0.2, 0.25) is 0 Å². The first-order chi connectivity index (χ1) is 9.02. The quantitative estimate of drug-likeness (QED) is 0.818. The van der Waals surface area contributed by atoms with Crippen molar-refractivity contribution in [2.45, 2.75) is 25.8 Å². The summed E-state index contributed by atoms with van der Waals surface area (Å²) in [4.78, 5) is 10.9. The van der Waals surface area contributed by atoms with E-state index in [1.165, 1.54) is 11.3 Å². The summed E-state index contributed by atoms with van der Waals surface area (Å²) in [6.07, 6.45) is 0.644. The Bertz CT molecular complexity index is 598. The molecule has 19 heavy (non-hydrogen) atoms. The first kappa shape index (κ1) is 14.6. The Hall–Kier alpha value is -0.800. The van der Waals surface area contributed by atoms with E-state index in [0.717, 1.165) is 13.1 Å². The van der Waals surface area contributed by atoms with Crippen molar-refractivity contribution in [1.29, 1.82) is 0 Å². The fourth-order valence-electron chi connectivity index (χ4n) is 1.71.